The molecule has 2 aromatic carbocycles. The molecule has 1 fully saturated rings. The van der Waals surface area contributed by atoms with Gasteiger partial charge >= 0.3 is 0 Å². The largest absolute Gasteiger partial charge is 0.493 e. The summed E-state index contributed by atoms with van der Waals surface area (Å²) in [5.41, 5.74) is 2.32. The van der Waals surface area contributed by atoms with Gasteiger partial charge in [0.1, 0.15) is 5.82 Å². The molecule has 0 saturated heterocycles. The minimum absolute atomic E-state index is 0.193. The van der Waals surface area contributed by atoms with Gasteiger partial charge in [-0.1, -0.05) is 18.2 Å². The van der Waals surface area contributed by atoms with E-state index in [1.54, 1.807) is 22.9 Å². The molecule has 0 aliphatic heterocycles. The van der Waals surface area contributed by atoms with E-state index < -0.39 is 0 Å². The van der Waals surface area contributed by atoms with Crippen molar-refractivity contribution in [2.75, 3.05) is 19.0 Å². The van der Waals surface area contributed by atoms with Crippen molar-refractivity contribution in [1.82, 2.24) is 9.78 Å². The Bertz CT molecular complexity index is 1070. The molecule has 1 heterocycles. The first-order valence-corrected chi connectivity index (χ1v) is 9.34. The van der Waals surface area contributed by atoms with E-state index in [-0.39, 0.29) is 12.5 Å². The first-order chi connectivity index (χ1) is 14.2. The lowest BCUT2D eigenvalue weighted by Crippen LogP contribution is -2.22. The predicted molar refractivity (Wildman–Crippen MR) is 107 cm³/mol. The molecule has 0 radical (unpaired) electrons. The number of hydrogen-bond donors (Lipinski definition) is 1. The van der Waals surface area contributed by atoms with E-state index in [1.807, 2.05) is 42.5 Å². The van der Waals surface area contributed by atoms with E-state index in [1.165, 1.54) is 7.11 Å². The van der Waals surface area contributed by atoms with Gasteiger partial charge in [-0.25, -0.2) is 4.68 Å². The Balaban J connectivity index is 1.48. The van der Waals surface area contributed by atoms with Crippen LogP contribution in [0, 0.1) is 11.3 Å². The SMILES string of the molecule is COc1cc(C#N)ccc1OCC(=O)Nc1cc(C2CC2)nn1-c1ccccc1. The van der Waals surface area contributed by atoms with Crippen LogP contribution in [-0.2, 0) is 4.79 Å². The van der Waals surface area contributed by atoms with E-state index in [4.69, 9.17) is 14.7 Å². The number of nitrogens with zero attached hydrogens (tertiary/aromatic N) is 3. The number of para-hydroxylation sites is 1. The van der Waals surface area contributed by atoms with Gasteiger partial charge in [0.25, 0.3) is 5.91 Å². The summed E-state index contributed by atoms with van der Waals surface area (Å²) < 4.78 is 12.6. The quantitative estimate of drug-likeness (QED) is 0.667. The first-order valence-electron chi connectivity index (χ1n) is 9.34. The summed E-state index contributed by atoms with van der Waals surface area (Å²) in [6, 6.07) is 18.4. The Hall–Kier alpha value is -3.79. The van der Waals surface area contributed by atoms with Gasteiger partial charge in [-0.05, 0) is 37.1 Å². The van der Waals surface area contributed by atoms with Crippen LogP contribution in [0.25, 0.3) is 5.69 Å². The number of carbonyl (C=O) groups excluding carboxylic acids is 1. The lowest BCUT2D eigenvalue weighted by Gasteiger charge is -2.12. The monoisotopic (exact) mass is 388 g/mol. The van der Waals surface area contributed by atoms with Crippen LogP contribution in [0.3, 0.4) is 0 Å². The Labute approximate surface area is 168 Å². The third-order valence-electron chi connectivity index (χ3n) is 4.64. The van der Waals surface area contributed by atoms with E-state index in [0.717, 1.165) is 24.2 Å². The maximum Gasteiger partial charge on any atom is 0.263 e. The number of aromatic nitrogens is 2. The molecular formula is C22H20N4O3. The Morgan fingerprint density at radius 1 is 1.21 bits per heavy atom. The topological polar surface area (TPSA) is 89.2 Å². The highest BCUT2D eigenvalue weighted by Crippen LogP contribution is 2.40. The summed E-state index contributed by atoms with van der Waals surface area (Å²) in [4.78, 5) is 12.5. The minimum atomic E-state index is -0.309. The highest BCUT2D eigenvalue weighted by molar-refractivity contribution is 5.91. The predicted octanol–water partition coefficient (Wildman–Crippen LogP) is 3.65. The number of benzene rings is 2. The zero-order chi connectivity index (χ0) is 20.2. The van der Waals surface area contributed by atoms with Gasteiger partial charge in [0.2, 0.25) is 0 Å². The lowest BCUT2D eigenvalue weighted by atomic mass is 10.2. The van der Waals surface area contributed by atoms with E-state index in [2.05, 4.69) is 10.4 Å². The number of rotatable bonds is 7. The molecule has 1 aliphatic carbocycles. The number of methoxy groups -OCH3 is 1. The molecule has 29 heavy (non-hydrogen) atoms. The number of ether oxygens (including phenoxy) is 2. The second kappa shape index (κ2) is 8.07. The summed E-state index contributed by atoms with van der Waals surface area (Å²) in [5.74, 6) is 1.57. The standard InChI is InChI=1S/C22H20N4O3/c1-28-20-11-15(13-23)7-10-19(20)29-14-22(27)24-21-12-18(16-8-9-16)25-26(21)17-5-3-2-4-6-17/h2-7,10-12,16H,8-9,14H2,1H3,(H,24,27). The second-order valence-electron chi connectivity index (χ2n) is 6.79. The van der Waals surface area contributed by atoms with E-state index >= 15 is 0 Å². The Kier molecular flexibility index (Phi) is 5.16. The fourth-order valence-corrected chi connectivity index (χ4v) is 3.01. The number of anilines is 1. The van der Waals surface area contributed by atoms with Crippen molar-refractivity contribution < 1.29 is 14.3 Å². The lowest BCUT2D eigenvalue weighted by molar-refractivity contribution is -0.118. The van der Waals surface area contributed by atoms with Crippen LogP contribution in [0.4, 0.5) is 5.82 Å². The highest BCUT2D eigenvalue weighted by Gasteiger charge is 2.28. The molecular weight excluding hydrogens is 368 g/mol. The minimum Gasteiger partial charge on any atom is -0.493 e. The smallest absolute Gasteiger partial charge is 0.263 e. The molecule has 1 aliphatic rings. The molecule has 7 nitrogen and oxygen atoms in total. The van der Waals surface area contributed by atoms with Crippen LogP contribution in [0.5, 0.6) is 11.5 Å². The third-order valence-corrected chi connectivity index (χ3v) is 4.64. The summed E-state index contributed by atoms with van der Waals surface area (Å²) >= 11 is 0. The molecule has 1 saturated carbocycles. The molecule has 1 amide bonds. The van der Waals surface area contributed by atoms with Gasteiger partial charge in [-0.3, -0.25) is 4.79 Å². The van der Waals surface area contributed by atoms with Crippen LogP contribution in [0.2, 0.25) is 0 Å². The van der Waals surface area contributed by atoms with E-state index in [0.29, 0.717) is 28.8 Å². The second-order valence-corrected chi connectivity index (χ2v) is 6.79. The van der Waals surface area contributed by atoms with Crippen molar-refractivity contribution in [3.05, 3.63) is 65.9 Å². The number of nitrogens with one attached hydrogen (secondary N) is 1. The maximum absolute atomic E-state index is 12.5. The van der Waals surface area contributed by atoms with Gasteiger partial charge in [0.15, 0.2) is 18.1 Å². The molecule has 0 bridgehead atoms. The van der Waals surface area contributed by atoms with Crippen LogP contribution in [-0.4, -0.2) is 29.4 Å². The first kappa shape index (κ1) is 18.6. The summed E-state index contributed by atoms with van der Waals surface area (Å²) in [6.07, 6.45) is 2.25. The number of carbonyl (C=O) groups is 1. The summed E-state index contributed by atoms with van der Waals surface area (Å²) in [5, 5.41) is 16.5. The van der Waals surface area contributed by atoms with Crippen molar-refractivity contribution in [2.24, 2.45) is 0 Å². The van der Waals surface area contributed by atoms with Crippen LogP contribution < -0.4 is 14.8 Å². The average molecular weight is 388 g/mol. The van der Waals surface area contributed by atoms with Gasteiger partial charge in [0.05, 0.1) is 30.1 Å². The normalized spacial score (nSPS) is 12.8. The van der Waals surface area contributed by atoms with Gasteiger partial charge in [0, 0.05) is 18.1 Å². The number of hydrogen-bond acceptors (Lipinski definition) is 5. The molecule has 3 aromatic rings. The summed E-state index contributed by atoms with van der Waals surface area (Å²) in [6.45, 7) is -0.193. The van der Waals surface area contributed by atoms with E-state index in [9.17, 15) is 4.79 Å². The average Bonchev–Trinajstić information content (AvgIpc) is 3.53. The van der Waals surface area contributed by atoms with Crippen molar-refractivity contribution in [2.45, 2.75) is 18.8 Å². The molecule has 0 atom stereocenters. The fraction of sp³-hybridized carbons (Fsp3) is 0.227. The van der Waals surface area contributed by atoms with Crippen LogP contribution >= 0.6 is 0 Å². The molecule has 4 rings (SSSR count). The molecule has 0 unspecified atom stereocenters. The molecule has 1 N–H and O–H groups in total. The third kappa shape index (κ3) is 4.22. The highest BCUT2D eigenvalue weighted by atomic mass is 16.5. The van der Waals surface area contributed by atoms with Crippen molar-refractivity contribution in [1.29, 1.82) is 5.26 Å². The van der Waals surface area contributed by atoms with Crippen molar-refractivity contribution >= 4 is 11.7 Å². The zero-order valence-corrected chi connectivity index (χ0v) is 16.0. The maximum atomic E-state index is 12.5. The van der Waals surface area contributed by atoms with Gasteiger partial charge in [-0.15, -0.1) is 0 Å². The van der Waals surface area contributed by atoms with Crippen molar-refractivity contribution in [3.63, 3.8) is 0 Å². The van der Waals surface area contributed by atoms with Crippen molar-refractivity contribution in [3.8, 4) is 23.3 Å². The molecule has 146 valence electrons. The molecule has 0 spiro atoms. The molecule has 1 aromatic heterocycles. The van der Waals surface area contributed by atoms with Crippen LogP contribution in [0.1, 0.15) is 30.0 Å². The van der Waals surface area contributed by atoms with Crippen LogP contribution in [0.15, 0.2) is 54.6 Å². The molecule has 7 heteroatoms. The number of nitriles is 1. The number of amides is 1. The Morgan fingerprint density at radius 3 is 2.69 bits per heavy atom. The van der Waals surface area contributed by atoms with Gasteiger partial charge in [-0.2, -0.15) is 10.4 Å². The zero-order valence-electron chi connectivity index (χ0n) is 16.0. The fourth-order valence-electron chi connectivity index (χ4n) is 3.01. The van der Waals surface area contributed by atoms with Gasteiger partial charge < -0.3 is 14.8 Å². The Morgan fingerprint density at radius 2 is 2.00 bits per heavy atom. The summed E-state index contributed by atoms with van der Waals surface area (Å²) in [7, 11) is 1.49.